The molecule has 0 aliphatic carbocycles. The summed E-state index contributed by atoms with van der Waals surface area (Å²) < 4.78 is 68.3. The Balaban J connectivity index is 5.43. The predicted octanol–water partition coefficient (Wildman–Crippen LogP) is 7.71. The molecule has 0 aliphatic heterocycles. The zero-order chi connectivity index (χ0) is 23.1. The lowest BCUT2D eigenvalue weighted by molar-refractivity contribution is 0.167. The molecule has 0 aromatic heterocycles. The van der Waals surface area contributed by atoms with Gasteiger partial charge in [0, 0.05) is 28.4 Å². The van der Waals surface area contributed by atoms with Crippen molar-refractivity contribution in [2.75, 3.05) is 28.4 Å². The highest BCUT2D eigenvalue weighted by atomic mass is 31.3. The van der Waals surface area contributed by atoms with Crippen LogP contribution in [0.2, 0.25) is 0 Å². The Labute approximate surface area is 182 Å². The number of phosphoric ester groups is 1. The SMILES string of the molecule is CCCCCCCC(CCCCCC)P(=O)(OC)OP(=O)(OC)OP(=O)(OC)OC. The van der Waals surface area contributed by atoms with Crippen molar-refractivity contribution in [3.63, 3.8) is 0 Å². The summed E-state index contributed by atoms with van der Waals surface area (Å²) in [5, 5.41) is 0. The first kappa shape index (κ1) is 30.4. The highest BCUT2D eigenvalue weighted by Gasteiger charge is 2.47. The van der Waals surface area contributed by atoms with Crippen molar-refractivity contribution < 1.29 is 40.4 Å². The second-order valence-corrected chi connectivity index (χ2v) is 13.4. The number of hydrogen-bond donors (Lipinski definition) is 0. The molecule has 0 fully saturated rings. The zero-order valence-corrected chi connectivity index (χ0v) is 22.1. The minimum atomic E-state index is -4.54. The fraction of sp³-hybridized carbons (Fsp3) is 1.00. The molecule has 0 radical (unpaired) electrons. The van der Waals surface area contributed by atoms with Gasteiger partial charge < -0.3 is 4.52 Å². The first-order valence-electron chi connectivity index (χ1n) is 10.6. The molecule has 0 saturated heterocycles. The van der Waals surface area contributed by atoms with E-state index >= 15 is 0 Å². The molecule has 0 heterocycles. The van der Waals surface area contributed by atoms with Crippen molar-refractivity contribution in [2.24, 2.45) is 0 Å². The van der Waals surface area contributed by atoms with E-state index in [1.165, 1.54) is 7.11 Å². The summed E-state index contributed by atoms with van der Waals surface area (Å²) in [5.74, 6) is 0. The summed E-state index contributed by atoms with van der Waals surface area (Å²) in [6, 6.07) is 0. The van der Waals surface area contributed by atoms with Crippen LogP contribution in [0.3, 0.4) is 0 Å². The van der Waals surface area contributed by atoms with Crippen LogP contribution in [0.1, 0.15) is 84.5 Å². The van der Waals surface area contributed by atoms with Gasteiger partial charge in [-0.2, -0.15) is 4.31 Å². The van der Waals surface area contributed by atoms with Crippen LogP contribution in [0.4, 0.5) is 0 Å². The van der Waals surface area contributed by atoms with E-state index in [0.29, 0.717) is 12.8 Å². The van der Waals surface area contributed by atoms with Crippen molar-refractivity contribution in [3.05, 3.63) is 0 Å². The molecule has 3 atom stereocenters. The molecule has 0 amide bonds. The van der Waals surface area contributed by atoms with Gasteiger partial charge in [-0.25, -0.2) is 13.4 Å². The maximum absolute atomic E-state index is 13.6. The normalized spacial score (nSPS) is 17.4. The maximum Gasteiger partial charge on any atom is 0.490 e. The van der Waals surface area contributed by atoms with Gasteiger partial charge >= 0.3 is 23.2 Å². The lowest BCUT2D eigenvalue weighted by Crippen LogP contribution is -2.13. The van der Waals surface area contributed by atoms with Crippen LogP contribution in [0.15, 0.2) is 0 Å². The third-order valence-corrected chi connectivity index (χ3v) is 11.4. The molecule has 9 nitrogen and oxygen atoms in total. The molecule has 0 aromatic rings. The Hall–Kier alpha value is 0.450. The van der Waals surface area contributed by atoms with Crippen LogP contribution in [-0.2, 0) is 40.4 Å². The first-order chi connectivity index (χ1) is 14.2. The van der Waals surface area contributed by atoms with E-state index in [9.17, 15) is 13.7 Å². The molecule has 0 bridgehead atoms. The van der Waals surface area contributed by atoms with E-state index in [4.69, 9.17) is 17.7 Å². The van der Waals surface area contributed by atoms with Crippen LogP contribution in [0.5, 0.6) is 0 Å². The topological polar surface area (TPSA) is 107 Å². The second kappa shape index (κ2) is 16.1. The van der Waals surface area contributed by atoms with Crippen LogP contribution in [-0.4, -0.2) is 34.1 Å². The van der Waals surface area contributed by atoms with Crippen LogP contribution in [0, 0.1) is 0 Å². The lowest BCUT2D eigenvalue weighted by atomic mass is 10.0. The number of phosphoric acid groups is 2. The fourth-order valence-electron chi connectivity index (χ4n) is 2.98. The largest absolute Gasteiger partial charge is 0.490 e. The van der Waals surface area contributed by atoms with Crippen molar-refractivity contribution in [2.45, 2.75) is 90.1 Å². The van der Waals surface area contributed by atoms with Crippen LogP contribution >= 0.6 is 23.2 Å². The van der Waals surface area contributed by atoms with E-state index in [2.05, 4.69) is 22.9 Å². The number of rotatable bonds is 20. The summed E-state index contributed by atoms with van der Waals surface area (Å²) >= 11 is 0. The molecule has 0 N–H and O–H groups in total. The molecule has 0 saturated carbocycles. The smallest absolute Gasteiger partial charge is 0.311 e. The van der Waals surface area contributed by atoms with E-state index in [-0.39, 0.29) is 0 Å². The summed E-state index contributed by atoms with van der Waals surface area (Å²) in [7, 11) is -8.24. The van der Waals surface area contributed by atoms with Gasteiger partial charge in [0.1, 0.15) is 0 Å². The number of unbranched alkanes of at least 4 members (excludes halogenated alkanes) is 7. The predicted molar refractivity (Wildman–Crippen MR) is 119 cm³/mol. The molecule has 0 rings (SSSR count). The third-order valence-electron chi connectivity index (χ3n) is 4.82. The van der Waals surface area contributed by atoms with Crippen LogP contribution < -0.4 is 0 Å². The van der Waals surface area contributed by atoms with Gasteiger partial charge in [-0.1, -0.05) is 71.6 Å². The van der Waals surface area contributed by atoms with Gasteiger partial charge in [-0.15, -0.1) is 0 Å². The van der Waals surface area contributed by atoms with Gasteiger partial charge in [0.15, 0.2) is 0 Å². The summed E-state index contributed by atoms with van der Waals surface area (Å²) in [6.07, 6.45) is 10.4. The molecule has 0 aromatic carbocycles. The maximum atomic E-state index is 13.6. The third kappa shape index (κ3) is 11.4. The molecule has 30 heavy (non-hydrogen) atoms. The molecular weight excluding hydrogens is 453 g/mol. The Kier molecular flexibility index (Phi) is 16.4. The average Bonchev–Trinajstić information content (AvgIpc) is 2.74. The zero-order valence-electron chi connectivity index (χ0n) is 19.4. The van der Waals surface area contributed by atoms with Gasteiger partial charge in [0.05, 0.1) is 5.66 Å². The van der Waals surface area contributed by atoms with E-state index < -0.39 is 28.9 Å². The van der Waals surface area contributed by atoms with Gasteiger partial charge in [-0.05, 0) is 12.8 Å². The van der Waals surface area contributed by atoms with Crippen molar-refractivity contribution in [1.29, 1.82) is 0 Å². The summed E-state index contributed by atoms with van der Waals surface area (Å²) in [5.41, 5.74) is -0.475. The Morgan fingerprint density at radius 2 is 1.00 bits per heavy atom. The van der Waals surface area contributed by atoms with E-state index in [0.717, 1.165) is 79.1 Å². The van der Waals surface area contributed by atoms with Gasteiger partial charge in [0.25, 0.3) is 0 Å². The summed E-state index contributed by atoms with van der Waals surface area (Å²) in [4.78, 5) is 0. The highest BCUT2D eigenvalue weighted by molar-refractivity contribution is 7.69. The molecule has 3 unspecified atom stereocenters. The van der Waals surface area contributed by atoms with E-state index in [1.54, 1.807) is 0 Å². The Bertz CT molecular complexity index is 577. The van der Waals surface area contributed by atoms with Crippen molar-refractivity contribution >= 4 is 23.2 Å². The van der Waals surface area contributed by atoms with Gasteiger partial charge in [-0.3, -0.25) is 18.1 Å². The summed E-state index contributed by atoms with van der Waals surface area (Å²) in [6.45, 7) is 4.26. The Morgan fingerprint density at radius 1 is 0.567 bits per heavy atom. The molecular formula is C18H41O9P3. The first-order valence-corrected chi connectivity index (χ1v) is 15.2. The standard InChI is InChI=1S/C18H41O9P3/c1-7-9-11-13-15-17-18(16-14-12-10-8-2)28(19,22-3)26-30(21,25-6)27-29(20,23-4)24-5/h18H,7-17H2,1-6H3. The monoisotopic (exact) mass is 494 g/mol. The minimum absolute atomic E-state index is 0.475. The van der Waals surface area contributed by atoms with Crippen molar-refractivity contribution in [3.8, 4) is 0 Å². The molecule has 182 valence electrons. The average molecular weight is 494 g/mol. The fourth-order valence-corrected chi connectivity index (χ4v) is 8.78. The minimum Gasteiger partial charge on any atom is -0.311 e. The quantitative estimate of drug-likeness (QED) is 0.124. The molecule has 12 heteroatoms. The highest BCUT2D eigenvalue weighted by Crippen LogP contribution is 2.73. The molecule has 0 spiro atoms. The van der Waals surface area contributed by atoms with E-state index in [1.807, 2.05) is 0 Å². The molecule has 0 aliphatic rings. The number of hydrogen-bond acceptors (Lipinski definition) is 9. The van der Waals surface area contributed by atoms with Gasteiger partial charge in [0.2, 0.25) is 0 Å². The lowest BCUT2D eigenvalue weighted by Gasteiger charge is -2.28. The second-order valence-electron chi connectivity index (χ2n) is 7.03. The van der Waals surface area contributed by atoms with Crippen LogP contribution in [0.25, 0.3) is 0 Å². The van der Waals surface area contributed by atoms with Crippen molar-refractivity contribution in [1.82, 2.24) is 0 Å². The Morgan fingerprint density at radius 3 is 1.40 bits per heavy atom.